The Balaban J connectivity index is 1.76. The molecule has 1 heterocycles. The van der Waals surface area contributed by atoms with Crippen LogP contribution in [-0.4, -0.2) is 12.5 Å². The molecule has 3 rings (SSSR count). The smallest absolute Gasteiger partial charge is 0.223 e. The Morgan fingerprint density at radius 2 is 2.25 bits per heavy atom. The first-order valence-electron chi connectivity index (χ1n) is 5.08. The third-order valence-corrected chi connectivity index (χ3v) is 3.99. The third-order valence-electron chi connectivity index (χ3n) is 3.99. The monoisotopic (exact) mass is 165 g/mol. The fraction of sp³-hybridized carbons (Fsp3) is 0.900. The lowest BCUT2D eigenvalue weighted by Gasteiger charge is -2.42. The molecule has 3 fully saturated rings. The third kappa shape index (κ3) is 0.782. The molecule has 2 atom stereocenters. The molecule has 0 bridgehead atoms. The zero-order valence-electron chi connectivity index (χ0n) is 7.31. The van der Waals surface area contributed by atoms with Crippen molar-refractivity contribution in [2.75, 3.05) is 6.54 Å². The predicted molar refractivity (Wildman–Crippen MR) is 45.5 cm³/mol. The van der Waals surface area contributed by atoms with Crippen molar-refractivity contribution in [3.8, 4) is 0 Å². The highest BCUT2D eigenvalue weighted by Crippen LogP contribution is 2.56. The molecule has 2 saturated carbocycles. The van der Waals surface area contributed by atoms with Crippen LogP contribution in [0.2, 0.25) is 0 Å². The van der Waals surface area contributed by atoms with Crippen LogP contribution in [0.15, 0.2) is 0 Å². The second-order valence-electron chi connectivity index (χ2n) is 4.82. The second kappa shape index (κ2) is 2.04. The zero-order chi connectivity index (χ0) is 8.18. The van der Waals surface area contributed by atoms with Gasteiger partial charge in [-0.1, -0.05) is 12.8 Å². The number of rotatable bonds is 2. The topological polar surface area (TPSA) is 29.1 Å². The first-order chi connectivity index (χ1) is 5.80. The molecular formula is C10H15NO. The maximum Gasteiger partial charge on any atom is 0.223 e. The molecule has 12 heavy (non-hydrogen) atoms. The fourth-order valence-corrected chi connectivity index (χ4v) is 2.92. The summed E-state index contributed by atoms with van der Waals surface area (Å²) in [4.78, 5) is 11.3. The lowest BCUT2D eigenvalue weighted by molar-refractivity contribution is -0.127. The highest BCUT2D eigenvalue weighted by molar-refractivity contribution is 5.83. The van der Waals surface area contributed by atoms with E-state index in [1.807, 2.05) is 0 Å². The molecule has 0 aromatic rings. The number of hydrogen-bond donors (Lipinski definition) is 1. The lowest BCUT2D eigenvalue weighted by Crippen LogP contribution is -2.40. The van der Waals surface area contributed by atoms with Crippen molar-refractivity contribution in [1.29, 1.82) is 0 Å². The molecule has 1 amide bonds. The summed E-state index contributed by atoms with van der Waals surface area (Å²) in [5, 5.41) is 3.02. The van der Waals surface area contributed by atoms with Gasteiger partial charge in [0.05, 0.1) is 0 Å². The van der Waals surface area contributed by atoms with Crippen molar-refractivity contribution in [3.05, 3.63) is 0 Å². The van der Waals surface area contributed by atoms with Gasteiger partial charge in [-0.25, -0.2) is 0 Å². The highest BCUT2D eigenvalue weighted by Gasteiger charge is 2.56. The average Bonchev–Trinajstić information content (AvgIpc) is 2.75. The SMILES string of the molecule is O=C1NCC2(CC3CC3)CCC12. The summed E-state index contributed by atoms with van der Waals surface area (Å²) in [6.45, 7) is 0.979. The van der Waals surface area contributed by atoms with E-state index < -0.39 is 0 Å². The van der Waals surface area contributed by atoms with E-state index in [9.17, 15) is 4.79 Å². The van der Waals surface area contributed by atoms with Crippen molar-refractivity contribution < 1.29 is 4.79 Å². The largest absolute Gasteiger partial charge is 0.355 e. The van der Waals surface area contributed by atoms with Crippen LogP contribution in [-0.2, 0) is 4.79 Å². The minimum Gasteiger partial charge on any atom is -0.355 e. The summed E-state index contributed by atoms with van der Waals surface area (Å²) < 4.78 is 0. The highest BCUT2D eigenvalue weighted by atomic mass is 16.2. The van der Waals surface area contributed by atoms with Crippen molar-refractivity contribution in [1.82, 2.24) is 5.32 Å². The molecule has 66 valence electrons. The molecule has 0 aromatic carbocycles. The van der Waals surface area contributed by atoms with Crippen LogP contribution >= 0.6 is 0 Å². The zero-order valence-corrected chi connectivity index (χ0v) is 7.31. The van der Waals surface area contributed by atoms with Crippen LogP contribution in [0, 0.1) is 17.3 Å². The molecule has 0 spiro atoms. The van der Waals surface area contributed by atoms with Gasteiger partial charge >= 0.3 is 0 Å². The standard InChI is InChI=1S/C10H15NO/c12-9-8-3-4-10(8,6-11-9)5-7-1-2-7/h7-8H,1-6H2,(H,11,12). The minimum atomic E-state index is 0.335. The quantitative estimate of drug-likeness (QED) is 0.656. The Labute approximate surface area is 72.7 Å². The molecule has 3 aliphatic rings. The average molecular weight is 165 g/mol. The van der Waals surface area contributed by atoms with Gasteiger partial charge in [0.15, 0.2) is 0 Å². The van der Waals surface area contributed by atoms with Gasteiger partial charge in [-0.3, -0.25) is 4.79 Å². The number of carbonyl (C=O) groups is 1. The van der Waals surface area contributed by atoms with Crippen LogP contribution in [0.1, 0.15) is 32.1 Å². The Morgan fingerprint density at radius 1 is 1.42 bits per heavy atom. The minimum absolute atomic E-state index is 0.335. The summed E-state index contributed by atoms with van der Waals surface area (Å²) in [6, 6.07) is 0. The maximum atomic E-state index is 11.3. The van der Waals surface area contributed by atoms with E-state index in [4.69, 9.17) is 0 Å². The first kappa shape index (κ1) is 6.93. The Kier molecular flexibility index (Phi) is 1.18. The summed E-state index contributed by atoms with van der Waals surface area (Å²) in [7, 11) is 0. The molecule has 2 heteroatoms. The van der Waals surface area contributed by atoms with Gasteiger partial charge in [0.1, 0.15) is 0 Å². The second-order valence-corrected chi connectivity index (χ2v) is 4.82. The number of amides is 1. The summed E-state index contributed by atoms with van der Waals surface area (Å²) >= 11 is 0. The molecule has 2 unspecified atom stereocenters. The van der Waals surface area contributed by atoms with Crippen LogP contribution in [0.3, 0.4) is 0 Å². The Morgan fingerprint density at radius 3 is 2.75 bits per heavy atom. The fourth-order valence-electron chi connectivity index (χ4n) is 2.92. The number of fused-ring (bicyclic) bond motifs is 1. The van der Waals surface area contributed by atoms with Gasteiger partial charge in [-0.05, 0) is 30.6 Å². The lowest BCUT2D eigenvalue weighted by atomic mass is 9.59. The van der Waals surface area contributed by atoms with E-state index in [-0.39, 0.29) is 0 Å². The van der Waals surface area contributed by atoms with E-state index in [1.165, 1.54) is 25.7 Å². The maximum absolute atomic E-state index is 11.3. The van der Waals surface area contributed by atoms with E-state index in [1.54, 1.807) is 0 Å². The molecule has 2 aliphatic carbocycles. The van der Waals surface area contributed by atoms with Gasteiger partial charge in [0, 0.05) is 12.5 Å². The number of carbonyl (C=O) groups excluding carboxylic acids is 1. The molecular weight excluding hydrogens is 150 g/mol. The Hall–Kier alpha value is -0.530. The molecule has 1 aliphatic heterocycles. The van der Waals surface area contributed by atoms with E-state index in [0.717, 1.165) is 18.9 Å². The van der Waals surface area contributed by atoms with E-state index in [2.05, 4.69) is 5.32 Å². The van der Waals surface area contributed by atoms with Crippen molar-refractivity contribution in [3.63, 3.8) is 0 Å². The van der Waals surface area contributed by atoms with Crippen molar-refractivity contribution in [2.45, 2.75) is 32.1 Å². The predicted octanol–water partition coefficient (Wildman–Crippen LogP) is 1.31. The van der Waals surface area contributed by atoms with Crippen LogP contribution in [0.4, 0.5) is 0 Å². The van der Waals surface area contributed by atoms with Gasteiger partial charge in [0.2, 0.25) is 5.91 Å². The van der Waals surface area contributed by atoms with Crippen molar-refractivity contribution in [2.24, 2.45) is 17.3 Å². The summed E-state index contributed by atoms with van der Waals surface area (Å²) in [5.74, 6) is 1.71. The Bertz CT molecular complexity index is 234. The number of hydrogen-bond acceptors (Lipinski definition) is 1. The summed E-state index contributed by atoms with van der Waals surface area (Å²) in [6.07, 6.45) is 6.62. The normalized spacial score (nSPS) is 45.0. The van der Waals surface area contributed by atoms with Crippen LogP contribution in [0.5, 0.6) is 0 Å². The summed E-state index contributed by atoms with van der Waals surface area (Å²) in [5.41, 5.74) is 0.429. The van der Waals surface area contributed by atoms with Crippen LogP contribution in [0.25, 0.3) is 0 Å². The van der Waals surface area contributed by atoms with E-state index in [0.29, 0.717) is 17.2 Å². The van der Waals surface area contributed by atoms with Crippen LogP contribution < -0.4 is 5.32 Å². The van der Waals surface area contributed by atoms with Crippen molar-refractivity contribution >= 4 is 5.91 Å². The molecule has 2 nitrogen and oxygen atoms in total. The molecule has 0 radical (unpaired) electrons. The van der Waals surface area contributed by atoms with Gasteiger partial charge in [-0.2, -0.15) is 0 Å². The molecule has 1 N–H and O–H groups in total. The van der Waals surface area contributed by atoms with Gasteiger partial charge in [0.25, 0.3) is 0 Å². The van der Waals surface area contributed by atoms with Gasteiger partial charge < -0.3 is 5.32 Å². The van der Waals surface area contributed by atoms with E-state index >= 15 is 0 Å². The number of nitrogens with one attached hydrogen (secondary N) is 1. The molecule has 1 saturated heterocycles. The van der Waals surface area contributed by atoms with Gasteiger partial charge in [-0.15, -0.1) is 0 Å². The molecule has 0 aromatic heterocycles. The first-order valence-corrected chi connectivity index (χ1v) is 5.08.